The van der Waals surface area contributed by atoms with Crippen molar-refractivity contribution in [3.63, 3.8) is 0 Å². The summed E-state index contributed by atoms with van der Waals surface area (Å²) in [6, 6.07) is 7.73. The average Bonchev–Trinajstić information content (AvgIpc) is 2.39. The highest BCUT2D eigenvalue weighted by Crippen LogP contribution is 2.13. The van der Waals surface area contributed by atoms with Crippen LogP contribution in [0.2, 0.25) is 0 Å². The molecule has 0 amide bonds. The Labute approximate surface area is 103 Å². The molecule has 1 aliphatic rings. The highest BCUT2D eigenvalue weighted by atomic mass is 16.1. The molecule has 0 bridgehead atoms. The van der Waals surface area contributed by atoms with E-state index in [-0.39, 0.29) is 0 Å². The minimum absolute atomic E-state index is 0.726. The van der Waals surface area contributed by atoms with Gasteiger partial charge in [0.05, 0.1) is 20.1 Å². The first kappa shape index (κ1) is 12.1. The summed E-state index contributed by atoms with van der Waals surface area (Å²) in [5, 5.41) is 0. The lowest BCUT2D eigenvalue weighted by Gasteiger charge is -2.24. The molecular formula is C15H20NO+. The summed E-state index contributed by atoms with van der Waals surface area (Å²) < 4.78 is 0. The maximum atomic E-state index is 10.5. The summed E-state index contributed by atoms with van der Waals surface area (Å²) >= 11 is 0. The molecule has 2 nitrogen and oxygen atoms in total. The summed E-state index contributed by atoms with van der Waals surface area (Å²) in [4.78, 5) is 12.2. The molecule has 0 unspecified atom stereocenters. The molecule has 2 heteroatoms. The summed E-state index contributed by atoms with van der Waals surface area (Å²) in [7, 11) is 2.26. The highest BCUT2D eigenvalue weighted by molar-refractivity contribution is 5.75. The minimum Gasteiger partial charge on any atom is -0.337 e. The number of quaternary nitrogens is 1. The van der Waals surface area contributed by atoms with Crippen LogP contribution in [-0.2, 0) is 0 Å². The first-order valence-electron chi connectivity index (χ1n) is 6.32. The van der Waals surface area contributed by atoms with Crippen LogP contribution in [0, 0.1) is 5.92 Å². The number of rotatable bonds is 3. The number of hydrogen-bond acceptors (Lipinski definition) is 1. The number of carbonyl (C=O) groups is 1. The van der Waals surface area contributed by atoms with Gasteiger partial charge in [0.2, 0.25) is 0 Å². The third-order valence-electron chi connectivity index (χ3n) is 3.52. The van der Waals surface area contributed by atoms with E-state index in [9.17, 15) is 4.79 Å². The normalized spacial score (nSPS) is 25.0. The quantitative estimate of drug-likeness (QED) is 0.780. The van der Waals surface area contributed by atoms with Gasteiger partial charge in [0.1, 0.15) is 6.29 Å². The molecule has 1 N–H and O–H groups in total. The predicted molar refractivity (Wildman–Crippen MR) is 70.2 cm³/mol. The second-order valence-corrected chi connectivity index (χ2v) is 4.94. The lowest BCUT2D eigenvalue weighted by atomic mass is 9.96. The van der Waals surface area contributed by atoms with Crippen LogP contribution in [0.4, 0.5) is 0 Å². The van der Waals surface area contributed by atoms with Crippen LogP contribution in [0.5, 0.6) is 0 Å². The summed E-state index contributed by atoms with van der Waals surface area (Å²) in [5.41, 5.74) is 1.92. The zero-order valence-corrected chi connectivity index (χ0v) is 10.4. The maximum Gasteiger partial charge on any atom is 0.150 e. The molecule has 1 aliphatic heterocycles. The molecule has 0 aromatic heterocycles. The van der Waals surface area contributed by atoms with Gasteiger partial charge in [0.15, 0.2) is 0 Å². The fraction of sp³-hybridized carbons (Fsp3) is 0.400. The second-order valence-electron chi connectivity index (χ2n) is 4.94. The van der Waals surface area contributed by atoms with Gasteiger partial charge in [0, 0.05) is 18.4 Å². The molecule has 0 radical (unpaired) electrons. The van der Waals surface area contributed by atoms with Crippen molar-refractivity contribution in [3.05, 3.63) is 41.5 Å². The van der Waals surface area contributed by atoms with Crippen LogP contribution in [0.25, 0.3) is 6.08 Å². The monoisotopic (exact) mass is 230 g/mol. The van der Waals surface area contributed by atoms with Crippen molar-refractivity contribution in [2.24, 2.45) is 5.92 Å². The lowest BCUT2D eigenvalue weighted by Crippen LogP contribution is -3.10. The molecule has 17 heavy (non-hydrogen) atoms. The number of carbonyl (C=O) groups excluding carboxylic acids is 1. The topological polar surface area (TPSA) is 21.5 Å². The van der Waals surface area contributed by atoms with E-state index in [0.717, 1.165) is 17.8 Å². The fourth-order valence-corrected chi connectivity index (χ4v) is 2.26. The Kier molecular flexibility index (Phi) is 4.10. The highest BCUT2D eigenvalue weighted by Gasteiger charge is 2.16. The number of nitrogens with one attached hydrogen (secondary N) is 1. The Bertz CT molecular complexity index is 386. The standard InChI is InChI=1S/C15H19NO/c1-16-10-8-14(9-11-16)3-2-13-4-6-15(12-17)7-5-13/h2-7,12,14H,8-11H2,1H3/p+1/b3-2+. The molecule has 90 valence electrons. The molecular weight excluding hydrogens is 210 g/mol. The summed E-state index contributed by atoms with van der Waals surface area (Å²) in [6.07, 6.45) is 7.96. The minimum atomic E-state index is 0.726. The van der Waals surface area contributed by atoms with Gasteiger partial charge in [-0.3, -0.25) is 4.79 Å². The Morgan fingerprint density at radius 3 is 2.29 bits per heavy atom. The van der Waals surface area contributed by atoms with E-state index in [4.69, 9.17) is 0 Å². The van der Waals surface area contributed by atoms with Crippen LogP contribution in [0.1, 0.15) is 28.8 Å². The van der Waals surface area contributed by atoms with Gasteiger partial charge in [0.25, 0.3) is 0 Å². The van der Waals surface area contributed by atoms with Crippen LogP contribution < -0.4 is 4.90 Å². The van der Waals surface area contributed by atoms with Gasteiger partial charge in [-0.1, -0.05) is 36.4 Å². The number of aldehydes is 1. The Balaban J connectivity index is 1.93. The van der Waals surface area contributed by atoms with Crippen LogP contribution >= 0.6 is 0 Å². The SMILES string of the molecule is C[NH+]1CCC(/C=C/c2ccc(C=O)cc2)CC1. The van der Waals surface area contributed by atoms with Gasteiger partial charge in [-0.15, -0.1) is 0 Å². The number of hydrogen-bond donors (Lipinski definition) is 1. The molecule has 1 heterocycles. The van der Waals surface area contributed by atoms with E-state index in [2.05, 4.69) is 19.2 Å². The molecule has 2 rings (SSSR count). The van der Waals surface area contributed by atoms with E-state index in [1.165, 1.54) is 31.5 Å². The van der Waals surface area contributed by atoms with Crippen molar-refractivity contribution in [1.29, 1.82) is 0 Å². The van der Waals surface area contributed by atoms with Crippen molar-refractivity contribution in [2.45, 2.75) is 12.8 Å². The van der Waals surface area contributed by atoms with E-state index >= 15 is 0 Å². The molecule has 1 fully saturated rings. The molecule has 1 aromatic carbocycles. The number of likely N-dealkylation sites (tertiary alicyclic amines) is 1. The van der Waals surface area contributed by atoms with Gasteiger partial charge < -0.3 is 4.90 Å². The van der Waals surface area contributed by atoms with E-state index in [0.29, 0.717) is 0 Å². The smallest absolute Gasteiger partial charge is 0.150 e. The van der Waals surface area contributed by atoms with Crippen molar-refractivity contribution >= 4 is 12.4 Å². The van der Waals surface area contributed by atoms with Gasteiger partial charge in [-0.25, -0.2) is 0 Å². The Hall–Kier alpha value is -1.41. The van der Waals surface area contributed by atoms with Crippen molar-refractivity contribution in [2.75, 3.05) is 20.1 Å². The first-order valence-corrected chi connectivity index (χ1v) is 6.32. The largest absolute Gasteiger partial charge is 0.337 e. The van der Waals surface area contributed by atoms with Crippen LogP contribution in [-0.4, -0.2) is 26.4 Å². The van der Waals surface area contributed by atoms with E-state index < -0.39 is 0 Å². The van der Waals surface area contributed by atoms with Crippen LogP contribution in [0.3, 0.4) is 0 Å². The van der Waals surface area contributed by atoms with Crippen LogP contribution in [0.15, 0.2) is 30.3 Å². The number of benzene rings is 1. The third-order valence-corrected chi connectivity index (χ3v) is 3.52. The average molecular weight is 230 g/mol. The molecule has 0 aliphatic carbocycles. The van der Waals surface area contributed by atoms with Crippen molar-refractivity contribution < 1.29 is 9.69 Å². The van der Waals surface area contributed by atoms with Gasteiger partial charge in [-0.2, -0.15) is 0 Å². The molecule has 1 saturated heterocycles. The summed E-state index contributed by atoms with van der Waals surface area (Å²) in [5.74, 6) is 0.726. The molecule has 0 saturated carbocycles. The van der Waals surface area contributed by atoms with Gasteiger partial charge in [-0.05, 0) is 11.5 Å². The maximum absolute atomic E-state index is 10.5. The second kappa shape index (κ2) is 5.78. The lowest BCUT2D eigenvalue weighted by molar-refractivity contribution is -0.885. The van der Waals surface area contributed by atoms with E-state index in [1.807, 2.05) is 24.3 Å². The first-order chi connectivity index (χ1) is 8.28. The molecule has 1 aromatic rings. The van der Waals surface area contributed by atoms with Crippen molar-refractivity contribution in [1.82, 2.24) is 0 Å². The number of allylic oxidation sites excluding steroid dienone is 1. The fourth-order valence-electron chi connectivity index (χ4n) is 2.26. The Morgan fingerprint density at radius 1 is 1.12 bits per heavy atom. The van der Waals surface area contributed by atoms with Gasteiger partial charge >= 0.3 is 0 Å². The Morgan fingerprint density at radius 2 is 1.71 bits per heavy atom. The van der Waals surface area contributed by atoms with Crippen molar-refractivity contribution in [3.8, 4) is 0 Å². The molecule has 0 atom stereocenters. The van der Waals surface area contributed by atoms with E-state index in [1.54, 1.807) is 4.90 Å². The molecule has 0 spiro atoms. The zero-order valence-electron chi connectivity index (χ0n) is 10.4. The third kappa shape index (κ3) is 3.53. The zero-order chi connectivity index (χ0) is 12.1. The predicted octanol–water partition coefficient (Wildman–Crippen LogP) is 1.44. The summed E-state index contributed by atoms with van der Waals surface area (Å²) in [6.45, 7) is 2.55. The number of piperidine rings is 1.